The number of nitroso groups, excluding NO2 is 1. The van der Waals surface area contributed by atoms with Gasteiger partial charge in [-0.1, -0.05) is 181 Å². The van der Waals surface area contributed by atoms with Crippen LogP contribution in [0.15, 0.2) is 5.18 Å². The smallest absolute Gasteiger partial charge is 0.309 e. The molecule has 5 unspecified atom stereocenters. The van der Waals surface area contributed by atoms with E-state index in [1.165, 1.54) is 83.5 Å². The highest BCUT2D eigenvalue weighted by atomic mass is 16.6. The maximum Gasteiger partial charge on any atom is 0.309 e. The number of esters is 2. The summed E-state index contributed by atoms with van der Waals surface area (Å²) in [6.45, 7) is 7.82. The summed E-state index contributed by atoms with van der Waals surface area (Å²) in [5.74, 6) is -0.833. The summed E-state index contributed by atoms with van der Waals surface area (Å²) >= 11 is 0. The molecule has 5 atom stereocenters. The van der Waals surface area contributed by atoms with Gasteiger partial charge in [-0.3, -0.25) is 9.59 Å². The number of aliphatic hydroxyl groups is 2. The first-order valence-corrected chi connectivity index (χ1v) is 22.5. The third-order valence-electron chi connectivity index (χ3n) is 10.4. The minimum absolute atomic E-state index is 0.0210. The molecule has 0 aromatic heterocycles. The number of unbranched alkanes of at least 4 members (excludes halogenated alkanes) is 19. The lowest BCUT2D eigenvalue weighted by Crippen LogP contribution is -2.34. The Morgan fingerprint density at radius 1 is 0.500 bits per heavy atom. The molecule has 10 heteroatoms. The molecular formula is C44H85NO9. The van der Waals surface area contributed by atoms with Gasteiger partial charge in [0.25, 0.3) is 0 Å². The zero-order chi connectivity index (χ0) is 39.9. The summed E-state index contributed by atoms with van der Waals surface area (Å²) in [7, 11) is 0. The van der Waals surface area contributed by atoms with Crippen molar-refractivity contribution in [3.8, 4) is 0 Å². The van der Waals surface area contributed by atoms with Crippen molar-refractivity contribution in [1.82, 2.24) is 0 Å². The van der Waals surface area contributed by atoms with Crippen LogP contribution < -0.4 is 0 Å². The van der Waals surface area contributed by atoms with Crippen LogP contribution in [-0.2, 0) is 28.5 Å². The Hall–Kier alpha value is -1.62. The van der Waals surface area contributed by atoms with E-state index in [0.29, 0.717) is 0 Å². The van der Waals surface area contributed by atoms with Gasteiger partial charge < -0.3 is 29.2 Å². The first-order valence-electron chi connectivity index (χ1n) is 22.5. The van der Waals surface area contributed by atoms with Crippen LogP contribution in [0.5, 0.6) is 0 Å². The summed E-state index contributed by atoms with van der Waals surface area (Å²) in [5, 5.41) is 22.9. The van der Waals surface area contributed by atoms with Crippen molar-refractivity contribution in [3.63, 3.8) is 0 Å². The molecule has 320 valence electrons. The lowest BCUT2D eigenvalue weighted by molar-refractivity contribution is -0.157. The van der Waals surface area contributed by atoms with E-state index in [-0.39, 0.29) is 56.8 Å². The van der Waals surface area contributed by atoms with Crippen molar-refractivity contribution >= 4 is 11.9 Å². The van der Waals surface area contributed by atoms with Crippen LogP contribution in [0.4, 0.5) is 0 Å². The van der Waals surface area contributed by atoms with Gasteiger partial charge in [-0.15, -0.1) is 0 Å². The van der Waals surface area contributed by atoms with Gasteiger partial charge in [0, 0.05) is 0 Å². The van der Waals surface area contributed by atoms with E-state index in [1.54, 1.807) is 0 Å². The van der Waals surface area contributed by atoms with Gasteiger partial charge in [-0.25, -0.2) is 0 Å². The van der Waals surface area contributed by atoms with Gasteiger partial charge in [-0.05, 0) is 25.7 Å². The molecule has 0 aliphatic rings. The number of ether oxygens (including phenoxy) is 4. The summed E-state index contributed by atoms with van der Waals surface area (Å²) in [6.07, 6.45) is 28.2. The van der Waals surface area contributed by atoms with Crippen molar-refractivity contribution < 1.29 is 38.7 Å². The fourth-order valence-electron chi connectivity index (χ4n) is 6.75. The van der Waals surface area contributed by atoms with E-state index in [9.17, 15) is 24.7 Å². The molecule has 0 heterocycles. The highest BCUT2D eigenvalue weighted by Crippen LogP contribution is 2.22. The molecule has 0 bridgehead atoms. The highest BCUT2D eigenvalue weighted by Gasteiger charge is 2.24. The molecule has 0 radical (unpaired) electrons. The first-order chi connectivity index (χ1) is 26.4. The molecule has 0 fully saturated rings. The quantitative estimate of drug-likeness (QED) is 0.0352. The van der Waals surface area contributed by atoms with E-state index in [4.69, 9.17) is 18.9 Å². The topological polar surface area (TPSA) is 141 Å². The van der Waals surface area contributed by atoms with E-state index < -0.39 is 24.9 Å². The molecule has 0 aliphatic heterocycles. The third-order valence-corrected chi connectivity index (χ3v) is 10.4. The monoisotopic (exact) mass is 772 g/mol. The maximum absolute atomic E-state index is 13.3. The Balaban J connectivity index is 5.05. The zero-order valence-corrected chi connectivity index (χ0v) is 35.4. The van der Waals surface area contributed by atoms with Gasteiger partial charge in [-0.2, -0.15) is 4.91 Å². The molecule has 0 saturated carbocycles. The van der Waals surface area contributed by atoms with Crippen LogP contribution in [0.3, 0.4) is 0 Å². The maximum atomic E-state index is 13.3. The fraction of sp³-hybridized carbons (Fsp3) is 0.955. The largest absolute Gasteiger partial charge is 0.463 e. The van der Waals surface area contributed by atoms with Crippen LogP contribution in [-0.4, -0.2) is 80.0 Å². The van der Waals surface area contributed by atoms with Crippen LogP contribution in [0, 0.1) is 16.7 Å². The molecule has 54 heavy (non-hydrogen) atoms. The normalized spacial score (nSPS) is 14.3. The lowest BCUT2D eigenvalue weighted by atomic mass is 9.94. The number of carbonyl (C=O) groups excluding carboxylic acids is 2. The van der Waals surface area contributed by atoms with E-state index >= 15 is 0 Å². The molecule has 0 aromatic carbocycles. The number of hydrogen-bond acceptors (Lipinski definition) is 10. The predicted molar refractivity (Wildman–Crippen MR) is 219 cm³/mol. The number of rotatable bonds is 42. The minimum Gasteiger partial charge on any atom is -0.463 e. The van der Waals surface area contributed by atoms with E-state index in [2.05, 4.69) is 32.9 Å². The van der Waals surface area contributed by atoms with Crippen LogP contribution in [0.1, 0.15) is 201 Å². The molecule has 0 spiro atoms. The Labute approximate surface area is 330 Å². The Morgan fingerprint density at radius 3 is 1.26 bits per heavy atom. The standard InChI is InChI=1S/C44H85NO9/c1-5-9-13-17-19-22-26-30-38(29-25-21-15-11-7-3)43(48)53-35-41(47)34-51-36-42(52-33-40(32-46)45-50)37-54-44(49)39(28-24-16-12-8-4)31-27-23-20-18-14-10-6-2/h38-42,46-47H,5-37H2,1-4H3. The Bertz CT molecular complexity index is 845. The SMILES string of the molecule is CCCCCCCCCC(CCCCCCC)C(=O)OCC(O)COCC(COC(=O)C(CCCCCC)CCCCCCCCC)OCC(CO)N=O. The number of aliphatic hydroxyl groups excluding tert-OH is 2. The van der Waals surface area contributed by atoms with Gasteiger partial charge in [0.1, 0.15) is 31.5 Å². The molecule has 0 aromatic rings. The van der Waals surface area contributed by atoms with Crippen molar-refractivity contribution in [1.29, 1.82) is 0 Å². The summed E-state index contributed by atoms with van der Waals surface area (Å²) in [5.41, 5.74) is 0. The van der Waals surface area contributed by atoms with Gasteiger partial charge in [0.05, 0.1) is 38.3 Å². The van der Waals surface area contributed by atoms with Crippen molar-refractivity contribution in [2.24, 2.45) is 17.0 Å². The second kappa shape index (κ2) is 39.6. The Kier molecular flexibility index (Phi) is 38.4. The molecule has 0 saturated heterocycles. The number of hydrogen-bond donors (Lipinski definition) is 2. The van der Waals surface area contributed by atoms with Crippen molar-refractivity contribution in [3.05, 3.63) is 4.91 Å². The molecule has 0 amide bonds. The average Bonchev–Trinajstić information content (AvgIpc) is 3.18. The van der Waals surface area contributed by atoms with Crippen LogP contribution >= 0.6 is 0 Å². The van der Waals surface area contributed by atoms with Crippen LogP contribution in [0.2, 0.25) is 0 Å². The molecule has 10 nitrogen and oxygen atoms in total. The third kappa shape index (κ3) is 31.6. The second-order valence-electron chi connectivity index (χ2n) is 15.6. The number of carbonyl (C=O) groups is 2. The zero-order valence-electron chi connectivity index (χ0n) is 35.4. The van der Waals surface area contributed by atoms with Gasteiger partial charge in [0.15, 0.2) is 0 Å². The average molecular weight is 772 g/mol. The highest BCUT2D eigenvalue weighted by molar-refractivity contribution is 5.72. The van der Waals surface area contributed by atoms with Crippen molar-refractivity contribution in [2.45, 2.75) is 219 Å². The molecule has 0 aliphatic carbocycles. The first kappa shape index (κ1) is 52.4. The molecular weight excluding hydrogens is 686 g/mol. The van der Waals surface area contributed by atoms with Gasteiger partial charge in [0.2, 0.25) is 0 Å². The van der Waals surface area contributed by atoms with Crippen molar-refractivity contribution in [2.75, 3.05) is 39.6 Å². The van der Waals surface area contributed by atoms with E-state index in [0.717, 1.165) is 89.9 Å². The summed E-state index contributed by atoms with van der Waals surface area (Å²) in [6, 6.07) is -0.947. The fourth-order valence-corrected chi connectivity index (χ4v) is 6.75. The van der Waals surface area contributed by atoms with Gasteiger partial charge >= 0.3 is 11.9 Å². The minimum atomic E-state index is -1.03. The molecule has 2 N–H and O–H groups in total. The van der Waals surface area contributed by atoms with E-state index in [1.807, 2.05) is 0 Å². The predicted octanol–water partition coefficient (Wildman–Crippen LogP) is 10.8. The van der Waals surface area contributed by atoms with Crippen LogP contribution in [0.25, 0.3) is 0 Å². The number of nitrogens with zero attached hydrogens (tertiary/aromatic N) is 1. The molecule has 0 rings (SSSR count). The Morgan fingerprint density at radius 2 is 0.870 bits per heavy atom. The summed E-state index contributed by atoms with van der Waals surface area (Å²) < 4.78 is 22.9. The second-order valence-corrected chi connectivity index (χ2v) is 15.6. The lowest BCUT2D eigenvalue weighted by Gasteiger charge is -2.22. The summed E-state index contributed by atoms with van der Waals surface area (Å²) in [4.78, 5) is 37.5.